The van der Waals surface area contributed by atoms with Crippen molar-refractivity contribution in [3.63, 3.8) is 0 Å². The van der Waals surface area contributed by atoms with Crippen LogP contribution in [0.25, 0.3) is 0 Å². The lowest BCUT2D eigenvalue weighted by Crippen LogP contribution is -2.37. The number of amides is 2. The molecule has 2 rings (SSSR count). The smallest absolute Gasteiger partial charge is 0.335 e. The van der Waals surface area contributed by atoms with Crippen molar-refractivity contribution in [1.29, 1.82) is 0 Å². The number of carboxylic acid groups (broad SMARTS) is 1. The topological polar surface area (TPSA) is 78.4 Å². The van der Waals surface area contributed by atoms with Crippen LogP contribution < -0.4 is 10.6 Å². The van der Waals surface area contributed by atoms with Gasteiger partial charge in [0, 0.05) is 13.1 Å². The molecule has 0 heterocycles. The van der Waals surface area contributed by atoms with E-state index in [1.165, 1.54) is 19.3 Å². The van der Waals surface area contributed by atoms with Crippen LogP contribution in [0.1, 0.15) is 41.6 Å². The van der Waals surface area contributed by atoms with Crippen LogP contribution in [-0.4, -0.2) is 30.2 Å². The molecular formula is C16H22N2O3. The minimum absolute atomic E-state index is 0.182. The summed E-state index contributed by atoms with van der Waals surface area (Å²) in [6, 6.07) is 6.68. The van der Waals surface area contributed by atoms with E-state index in [1.807, 2.05) is 0 Å². The molecular weight excluding hydrogens is 268 g/mol. The van der Waals surface area contributed by atoms with Gasteiger partial charge in [-0.05, 0) is 36.8 Å². The van der Waals surface area contributed by atoms with E-state index in [2.05, 4.69) is 10.6 Å². The largest absolute Gasteiger partial charge is 0.478 e. The molecule has 5 heteroatoms. The van der Waals surface area contributed by atoms with Crippen molar-refractivity contribution in [3.05, 3.63) is 35.4 Å². The predicted molar refractivity (Wildman–Crippen MR) is 80.5 cm³/mol. The quantitative estimate of drug-likeness (QED) is 0.643. The number of carbonyl (C=O) groups is 2. The zero-order chi connectivity index (χ0) is 15.1. The van der Waals surface area contributed by atoms with Gasteiger partial charge < -0.3 is 15.7 Å². The molecule has 0 spiro atoms. The van der Waals surface area contributed by atoms with Crippen LogP contribution in [0.4, 0.5) is 4.79 Å². The summed E-state index contributed by atoms with van der Waals surface area (Å²) >= 11 is 0. The van der Waals surface area contributed by atoms with Crippen LogP contribution in [0, 0.1) is 5.92 Å². The first kappa shape index (κ1) is 15.4. The zero-order valence-electron chi connectivity index (χ0n) is 12.1. The Bertz CT molecular complexity index is 498. The summed E-state index contributed by atoms with van der Waals surface area (Å²) in [5.74, 6) is -0.0440. The van der Waals surface area contributed by atoms with Gasteiger partial charge in [-0.3, -0.25) is 0 Å². The molecule has 0 atom stereocenters. The highest BCUT2D eigenvalue weighted by Gasteiger charge is 2.20. The Morgan fingerprint density at radius 1 is 1.14 bits per heavy atom. The standard InChI is InChI=1S/C16H22N2O3/c19-15(20)14-6-2-1-5-13(14)9-11-18-16(21)17-10-3-4-12-7-8-12/h1-2,5-6,12H,3-4,7-11H2,(H,19,20)(H2,17,18,21). The van der Waals surface area contributed by atoms with Crippen molar-refractivity contribution in [2.75, 3.05) is 13.1 Å². The van der Waals surface area contributed by atoms with E-state index < -0.39 is 5.97 Å². The molecule has 1 saturated carbocycles. The Kier molecular flexibility index (Phi) is 5.60. The first-order valence-corrected chi connectivity index (χ1v) is 7.49. The van der Waals surface area contributed by atoms with Gasteiger partial charge in [0.15, 0.2) is 0 Å². The maximum absolute atomic E-state index is 11.6. The molecule has 1 aliphatic rings. The fraction of sp³-hybridized carbons (Fsp3) is 0.500. The predicted octanol–water partition coefficient (Wildman–Crippen LogP) is 2.42. The molecule has 3 N–H and O–H groups in total. The van der Waals surface area contributed by atoms with Crippen molar-refractivity contribution in [2.24, 2.45) is 5.92 Å². The van der Waals surface area contributed by atoms with E-state index in [0.717, 1.165) is 17.9 Å². The number of benzene rings is 1. The van der Waals surface area contributed by atoms with Crippen LogP contribution in [0.2, 0.25) is 0 Å². The molecule has 21 heavy (non-hydrogen) atoms. The second kappa shape index (κ2) is 7.67. The van der Waals surface area contributed by atoms with Crippen molar-refractivity contribution >= 4 is 12.0 Å². The Hall–Kier alpha value is -2.04. The lowest BCUT2D eigenvalue weighted by atomic mass is 10.0. The van der Waals surface area contributed by atoms with Gasteiger partial charge in [-0.2, -0.15) is 0 Å². The summed E-state index contributed by atoms with van der Waals surface area (Å²) in [4.78, 5) is 22.6. The molecule has 0 aromatic heterocycles. The number of carboxylic acids is 1. The third-order valence-electron chi connectivity index (χ3n) is 3.70. The second-order valence-corrected chi connectivity index (χ2v) is 5.48. The number of aromatic carboxylic acids is 1. The van der Waals surface area contributed by atoms with Crippen LogP contribution in [0.5, 0.6) is 0 Å². The minimum atomic E-state index is -0.935. The molecule has 5 nitrogen and oxygen atoms in total. The highest BCUT2D eigenvalue weighted by Crippen LogP contribution is 2.33. The van der Waals surface area contributed by atoms with Crippen LogP contribution in [0.3, 0.4) is 0 Å². The Morgan fingerprint density at radius 3 is 2.57 bits per heavy atom. The third-order valence-corrected chi connectivity index (χ3v) is 3.70. The van der Waals surface area contributed by atoms with E-state index in [0.29, 0.717) is 25.1 Å². The van der Waals surface area contributed by atoms with Crippen LogP contribution in [0.15, 0.2) is 24.3 Å². The highest BCUT2D eigenvalue weighted by atomic mass is 16.4. The van der Waals surface area contributed by atoms with E-state index >= 15 is 0 Å². The molecule has 1 aliphatic carbocycles. The minimum Gasteiger partial charge on any atom is -0.478 e. The highest BCUT2D eigenvalue weighted by molar-refractivity contribution is 5.89. The fourth-order valence-corrected chi connectivity index (χ4v) is 2.32. The molecule has 0 saturated heterocycles. The van der Waals surface area contributed by atoms with Gasteiger partial charge in [0.1, 0.15) is 0 Å². The SMILES string of the molecule is O=C(NCCCC1CC1)NCCc1ccccc1C(=O)O. The van der Waals surface area contributed by atoms with E-state index in [4.69, 9.17) is 5.11 Å². The Balaban J connectivity index is 1.63. The number of nitrogens with one attached hydrogen (secondary N) is 2. The maximum atomic E-state index is 11.6. The lowest BCUT2D eigenvalue weighted by molar-refractivity contribution is 0.0695. The van der Waals surface area contributed by atoms with Gasteiger partial charge in [-0.1, -0.05) is 31.0 Å². The van der Waals surface area contributed by atoms with E-state index in [9.17, 15) is 9.59 Å². The van der Waals surface area contributed by atoms with Crippen molar-refractivity contribution in [2.45, 2.75) is 32.1 Å². The molecule has 0 bridgehead atoms. The van der Waals surface area contributed by atoms with Gasteiger partial charge in [0.05, 0.1) is 5.56 Å². The number of hydrogen-bond acceptors (Lipinski definition) is 2. The molecule has 0 radical (unpaired) electrons. The number of urea groups is 1. The number of carbonyl (C=O) groups excluding carboxylic acids is 1. The lowest BCUT2D eigenvalue weighted by Gasteiger charge is -2.09. The molecule has 0 unspecified atom stereocenters. The fourth-order valence-electron chi connectivity index (χ4n) is 2.32. The Labute approximate surface area is 124 Å². The zero-order valence-corrected chi connectivity index (χ0v) is 12.1. The molecule has 114 valence electrons. The summed E-state index contributed by atoms with van der Waals surface area (Å²) in [5, 5.41) is 14.6. The molecule has 1 aromatic carbocycles. The van der Waals surface area contributed by atoms with Gasteiger partial charge in [-0.25, -0.2) is 9.59 Å². The summed E-state index contributed by atoms with van der Waals surface area (Å²) in [6.45, 7) is 1.13. The van der Waals surface area contributed by atoms with Crippen molar-refractivity contribution in [3.8, 4) is 0 Å². The van der Waals surface area contributed by atoms with Crippen LogP contribution >= 0.6 is 0 Å². The van der Waals surface area contributed by atoms with Crippen molar-refractivity contribution < 1.29 is 14.7 Å². The first-order chi connectivity index (χ1) is 10.2. The molecule has 1 fully saturated rings. The summed E-state index contributed by atoms with van der Waals surface area (Å²) in [7, 11) is 0. The summed E-state index contributed by atoms with van der Waals surface area (Å²) in [6.07, 6.45) is 5.43. The summed E-state index contributed by atoms with van der Waals surface area (Å²) in [5.41, 5.74) is 1.03. The van der Waals surface area contributed by atoms with Gasteiger partial charge in [0.2, 0.25) is 0 Å². The number of hydrogen-bond donors (Lipinski definition) is 3. The number of rotatable bonds is 8. The molecule has 1 aromatic rings. The first-order valence-electron chi connectivity index (χ1n) is 7.49. The van der Waals surface area contributed by atoms with E-state index in [1.54, 1.807) is 24.3 Å². The van der Waals surface area contributed by atoms with Crippen molar-refractivity contribution in [1.82, 2.24) is 10.6 Å². The van der Waals surface area contributed by atoms with E-state index in [-0.39, 0.29) is 6.03 Å². The average Bonchev–Trinajstić information content (AvgIpc) is 3.28. The average molecular weight is 290 g/mol. The van der Waals surface area contributed by atoms with Gasteiger partial charge >= 0.3 is 12.0 Å². The third kappa shape index (κ3) is 5.45. The maximum Gasteiger partial charge on any atom is 0.335 e. The Morgan fingerprint density at radius 2 is 1.86 bits per heavy atom. The second-order valence-electron chi connectivity index (χ2n) is 5.48. The molecule has 0 aliphatic heterocycles. The summed E-state index contributed by atoms with van der Waals surface area (Å²) < 4.78 is 0. The molecule has 2 amide bonds. The normalized spacial score (nSPS) is 13.7. The van der Waals surface area contributed by atoms with Crippen LogP contribution in [-0.2, 0) is 6.42 Å². The monoisotopic (exact) mass is 290 g/mol. The van der Waals surface area contributed by atoms with Gasteiger partial charge in [-0.15, -0.1) is 0 Å². The van der Waals surface area contributed by atoms with Gasteiger partial charge in [0.25, 0.3) is 0 Å².